The molecule has 7 heteroatoms. The molecule has 0 bridgehead atoms. The molecule has 2 rings (SSSR count). The van der Waals surface area contributed by atoms with Gasteiger partial charge in [0.25, 0.3) is 5.91 Å². The average Bonchev–Trinajstić information content (AvgIpc) is 2.37. The number of nitrogens with one attached hydrogen (secondary N) is 2. The maximum absolute atomic E-state index is 11.9. The molecule has 2 N–H and O–H groups in total. The maximum Gasteiger partial charge on any atom is 0.279 e. The Morgan fingerprint density at radius 2 is 1.79 bits per heavy atom. The van der Waals surface area contributed by atoms with Crippen LogP contribution in [0.15, 0.2) is 12.1 Å². The molecule has 1 heterocycles. The van der Waals surface area contributed by atoms with Gasteiger partial charge in [0.15, 0.2) is 6.54 Å². The van der Waals surface area contributed by atoms with Gasteiger partial charge in [0.05, 0.1) is 34.0 Å². The first-order valence-electron chi connectivity index (χ1n) is 5.92. The Bertz CT molecular complexity index is 476. The number of carbonyl (C=O) groups is 1. The molecule has 0 aliphatic carbocycles. The van der Waals surface area contributed by atoms with Crippen LogP contribution in [0.4, 0.5) is 5.69 Å². The smallest absolute Gasteiger partial charge is 0.279 e. The van der Waals surface area contributed by atoms with Crippen molar-refractivity contribution in [3.8, 4) is 0 Å². The van der Waals surface area contributed by atoms with E-state index in [1.165, 1.54) is 11.0 Å². The molecule has 1 aromatic rings. The zero-order valence-electron chi connectivity index (χ0n) is 10.1. The molecule has 4 nitrogen and oxygen atoms in total. The van der Waals surface area contributed by atoms with E-state index in [1.54, 1.807) is 6.07 Å². The number of carbonyl (C=O) groups excluding carboxylic acids is 1. The minimum atomic E-state index is -0.0998. The minimum Gasteiger partial charge on any atom is -0.370 e. The van der Waals surface area contributed by atoms with Crippen molar-refractivity contribution in [1.82, 2.24) is 0 Å². The summed E-state index contributed by atoms with van der Waals surface area (Å²) in [5.74, 6) is -0.0998. The molecule has 0 saturated carbocycles. The van der Waals surface area contributed by atoms with Crippen molar-refractivity contribution in [1.29, 1.82) is 0 Å². The van der Waals surface area contributed by atoms with E-state index >= 15 is 0 Å². The Morgan fingerprint density at radius 3 is 2.47 bits per heavy atom. The Labute approximate surface area is 126 Å². The zero-order valence-corrected chi connectivity index (χ0v) is 12.4. The molecule has 1 aliphatic rings. The SMILES string of the molecule is O=C(C[NH+]1CCOCC1)Nc1cc(Cl)c(Cl)cc1Cl. The highest BCUT2D eigenvalue weighted by Crippen LogP contribution is 2.32. The van der Waals surface area contributed by atoms with E-state index in [-0.39, 0.29) is 5.91 Å². The lowest BCUT2D eigenvalue weighted by Crippen LogP contribution is -3.15. The van der Waals surface area contributed by atoms with Gasteiger partial charge in [-0.25, -0.2) is 0 Å². The van der Waals surface area contributed by atoms with E-state index < -0.39 is 0 Å². The summed E-state index contributed by atoms with van der Waals surface area (Å²) in [5, 5.41) is 3.85. The standard InChI is InChI=1S/C12H13Cl3N2O2/c13-8-5-10(15)11(6-9(8)14)16-12(18)7-17-1-3-19-4-2-17/h5-6H,1-4,7H2,(H,16,18)/p+1. The Kier molecular flexibility index (Phi) is 5.30. The summed E-state index contributed by atoms with van der Waals surface area (Å²) >= 11 is 17.7. The monoisotopic (exact) mass is 323 g/mol. The van der Waals surface area contributed by atoms with Gasteiger partial charge in [-0.3, -0.25) is 4.79 Å². The van der Waals surface area contributed by atoms with Gasteiger partial charge in [0, 0.05) is 0 Å². The van der Waals surface area contributed by atoms with Crippen LogP contribution in [0.1, 0.15) is 0 Å². The van der Waals surface area contributed by atoms with Crippen molar-refractivity contribution in [2.24, 2.45) is 0 Å². The summed E-state index contributed by atoms with van der Waals surface area (Å²) in [5.41, 5.74) is 0.480. The van der Waals surface area contributed by atoms with Crippen molar-refractivity contribution in [3.63, 3.8) is 0 Å². The average molecular weight is 325 g/mol. The molecule has 1 saturated heterocycles. The number of anilines is 1. The third kappa shape index (κ3) is 4.23. The second-order valence-corrected chi connectivity index (χ2v) is 5.56. The predicted octanol–water partition coefficient (Wildman–Crippen LogP) is 1.50. The van der Waals surface area contributed by atoms with Crippen molar-refractivity contribution < 1.29 is 14.4 Å². The number of morpholine rings is 1. The number of hydrogen-bond acceptors (Lipinski definition) is 2. The third-order valence-corrected chi connectivity index (χ3v) is 3.93. The van der Waals surface area contributed by atoms with Crippen LogP contribution in [-0.2, 0) is 9.53 Å². The molecule has 1 fully saturated rings. The summed E-state index contributed by atoms with van der Waals surface area (Å²) < 4.78 is 5.24. The molecule has 0 atom stereocenters. The first-order valence-corrected chi connectivity index (χ1v) is 7.05. The van der Waals surface area contributed by atoms with Crippen molar-refractivity contribution >= 4 is 46.4 Å². The lowest BCUT2D eigenvalue weighted by molar-refractivity contribution is -0.899. The van der Waals surface area contributed by atoms with Crippen LogP contribution in [0, 0.1) is 0 Å². The van der Waals surface area contributed by atoms with Crippen LogP contribution in [0.2, 0.25) is 15.1 Å². The molecule has 19 heavy (non-hydrogen) atoms. The second kappa shape index (κ2) is 6.77. The largest absolute Gasteiger partial charge is 0.370 e. The van der Waals surface area contributed by atoms with Crippen LogP contribution in [0.5, 0.6) is 0 Å². The predicted molar refractivity (Wildman–Crippen MR) is 76.5 cm³/mol. The summed E-state index contributed by atoms with van der Waals surface area (Å²) in [7, 11) is 0. The Hall–Kier alpha value is -0.520. The molecular formula is C12H14Cl3N2O2+. The molecule has 1 amide bonds. The Morgan fingerprint density at radius 1 is 1.16 bits per heavy atom. The lowest BCUT2D eigenvalue weighted by Gasteiger charge is -2.23. The van der Waals surface area contributed by atoms with E-state index in [4.69, 9.17) is 39.5 Å². The number of rotatable bonds is 3. The fourth-order valence-corrected chi connectivity index (χ4v) is 2.47. The molecule has 0 aromatic heterocycles. The summed E-state index contributed by atoms with van der Waals surface area (Å²) in [4.78, 5) is 13.1. The van der Waals surface area contributed by atoms with Crippen LogP contribution in [0.25, 0.3) is 0 Å². The minimum absolute atomic E-state index is 0.0998. The number of benzene rings is 1. The van der Waals surface area contributed by atoms with E-state index in [9.17, 15) is 4.79 Å². The molecule has 104 valence electrons. The van der Waals surface area contributed by atoms with Gasteiger partial charge >= 0.3 is 0 Å². The van der Waals surface area contributed by atoms with Crippen LogP contribution in [-0.4, -0.2) is 38.8 Å². The van der Waals surface area contributed by atoms with Crippen LogP contribution in [0.3, 0.4) is 0 Å². The number of hydrogen-bond donors (Lipinski definition) is 2. The maximum atomic E-state index is 11.9. The van der Waals surface area contributed by atoms with Gasteiger partial charge < -0.3 is 15.0 Å². The second-order valence-electron chi connectivity index (χ2n) is 4.33. The summed E-state index contributed by atoms with van der Waals surface area (Å²) in [6.07, 6.45) is 0. The Balaban J connectivity index is 1.96. The lowest BCUT2D eigenvalue weighted by atomic mass is 10.3. The number of quaternary nitrogens is 1. The quantitative estimate of drug-likeness (QED) is 0.828. The van der Waals surface area contributed by atoms with Gasteiger partial charge in [0.2, 0.25) is 0 Å². The topological polar surface area (TPSA) is 42.8 Å². The van der Waals surface area contributed by atoms with Gasteiger partial charge in [-0.05, 0) is 12.1 Å². The van der Waals surface area contributed by atoms with Crippen molar-refractivity contribution in [2.45, 2.75) is 0 Å². The molecule has 1 aliphatic heterocycles. The molecule has 0 spiro atoms. The normalized spacial score (nSPS) is 16.4. The van der Waals surface area contributed by atoms with Gasteiger partial charge in [-0.1, -0.05) is 34.8 Å². The number of ether oxygens (including phenoxy) is 1. The number of halogens is 3. The van der Waals surface area contributed by atoms with Crippen molar-refractivity contribution in [3.05, 3.63) is 27.2 Å². The van der Waals surface area contributed by atoms with Gasteiger partial charge in [-0.2, -0.15) is 0 Å². The van der Waals surface area contributed by atoms with Crippen LogP contribution >= 0.6 is 34.8 Å². The van der Waals surface area contributed by atoms with E-state index in [1.807, 2.05) is 0 Å². The van der Waals surface area contributed by atoms with Crippen LogP contribution < -0.4 is 10.2 Å². The highest BCUT2D eigenvalue weighted by atomic mass is 35.5. The highest BCUT2D eigenvalue weighted by molar-refractivity contribution is 6.44. The third-order valence-electron chi connectivity index (χ3n) is 2.89. The molecule has 1 aromatic carbocycles. The van der Waals surface area contributed by atoms with E-state index in [0.717, 1.165) is 13.1 Å². The first kappa shape index (κ1) is 14.9. The summed E-state index contributed by atoms with van der Waals surface area (Å²) in [6, 6.07) is 3.07. The zero-order chi connectivity index (χ0) is 13.8. The van der Waals surface area contributed by atoms with Crippen molar-refractivity contribution in [2.75, 3.05) is 38.2 Å². The fourth-order valence-electron chi connectivity index (χ4n) is 1.88. The fraction of sp³-hybridized carbons (Fsp3) is 0.417. The van der Waals surface area contributed by atoms with Gasteiger partial charge in [-0.15, -0.1) is 0 Å². The van der Waals surface area contributed by atoms with E-state index in [2.05, 4.69) is 5.32 Å². The first-order chi connectivity index (χ1) is 9.06. The highest BCUT2D eigenvalue weighted by Gasteiger charge is 2.18. The molecular weight excluding hydrogens is 311 g/mol. The number of amides is 1. The summed E-state index contributed by atoms with van der Waals surface area (Å²) in [6.45, 7) is 3.44. The van der Waals surface area contributed by atoms with Gasteiger partial charge in [0.1, 0.15) is 13.1 Å². The molecule has 0 radical (unpaired) electrons. The molecule has 0 unspecified atom stereocenters. The van der Waals surface area contributed by atoms with E-state index in [0.29, 0.717) is 40.5 Å².